The molecule has 0 aromatic heterocycles. The van der Waals surface area contributed by atoms with Crippen molar-refractivity contribution >= 4 is 47.2 Å². The second kappa shape index (κ2) is 17.2. The number of rotatable bonds is 1. The molecule has 7 heteroatoms. The molecule has 0 aliphatic heterocycles. The van der Waals surface area contributed by atoms with Crippen LogP contribution in [0.15, 0.2) is 48.5 Å². The van der Waals surface area contributed by atoms with Crippen molar-refractivity contribution in [2.24, 2.45) is 0 Å². The summed E-state index contributed by atoms with van der Waals surface area (Å²) in [5.74, 6) is 5.19. The molecule has 166 valence electrons. The molecule has 30 heavy (non-hydrogen) atoms. The monoisotopic (exact) mass is 536 g/mol. The van der Waals surface area contributed by atoms with Crippen LogP contribution in [0, 0.1) is 31.6 Å². The maximum Gasteiger partial charge on any atom is 0.279 e. The van der Waals surface area contributed by atoms with Gasteiger partial charge in [-0.15, -0.1) is 36.0 Å². The van der Waals surface area contributed by atoms with E-state index in [4.69, 9.17) is 41.2 Å². The zero-order valence-corrected chi connectivity index (χ0v) is 20.9. The topological polar surface area (TPSA) is 20.2 Å². The minimum atomic E-state index is -2.61. The van der Waals surface area contributed by atoms with Crippen molar-refractivity contribution in [3.05, 3.63) is 65.2 Å². The normalized spacial score (nSPS) is 9.43. The van der Waals surface area contributed by atoms with Gasteiger partial charge >= 0.3 is 0 Å². The molecule has 0 bridgehead atoms. The summed E-state index contributed by atoms with van der Waals surface area (Å²) in [6, 6.07) is 14.5. The molecule has 2 rings (SSSR count). The fourth-order valence-corrected chi connectivity index (χ4v) is 1.33. The van der Waals surface area contributed by atoms with Gasteiger partial charge < -0.3 is 5.11 Å². The largest absolute Gasteiger partial charge is 0.508 e. The molecule has 1 nitrogen and oxygen atoms in total. The number of phenolic OH excluding ortho intramolecular Hbond substituents is 1. The van der Waals surface area contributed by atoms with E-state index in [-0.39, 0.29) is 18.5 Å². The molecule has 0 aliphatic rings. The third-order valence-corrected chi connectivity index (χ3v) is 8.32. The van der Waals surface area contributed by atoms with E-state index in [1.807, 2.05) is 31.2 Å². The van der Waals surface area contributed by atoms with Crippen molar-refractivity contribution in [2.45, 2.75) is 38.4 Å². The number of hydrogen-bond acceptors (Lipinski definition) is 1. The Labute approximate surface area is 200 Å². The van der Waals surface area contributed by atoms with Gasteiger partial charge in [0.15, 0.2) is 0 Å². The predicted octanol–water partition coefficient (Wildman–Crippen LogP) is 8.26. The van der Waals surface area contributed by atoms with E-state index >= 15 is 0 Å². The molecule has 0 unspecified atom stereocenters. The summed E-state index contributed by atoms with van der Waals surface area (Å²) in [6.07, 6.45) is 10.2. The Balaban J connectivity index is -0.000000337. The number of benzene rings is 2. The van der Waals surface area contributed by atoms with Gasteiger partial charge in [-0.05, 0) is 58.7 Å². The summed E-state index contributed by atoms with van der Waals surface area (Å²) in [7, 11) is -2.28. The first-order valence-corrected chi connectivity index (χ1v) is 13.7. The number of alkyl halides is 5. The lowest BCUT2D eigenvalue weighted by molar-refractivity contribution is 0.196. The summed E-state index contributed by atoms with van der Waals surface area (Å²) in [5, 5.41) is 9.04. The van der Waals surface area contributed by atoms with Gasteiger partial charge in [0.1, 0.15) is 13.8 Å². The van der Waals surface area contributed by atoms with Gasteiger partial charge in [-0.1, -0.05) is 57.1 Å². The Morgan fingerprint density at radius 1 is 1.00 bits per heavy atom. The molecule has 2 aromatic carbocycles. The Hall–Kier alpha value is -1.50. The molecule has 0 spiro atoms. The lowest BCUT2D eigenvalue weighted by Gasteiger charge is -2.21. The Morgan fingerprint density at radius 3 is 1.60 bits per heavy atom. The molecule has 0 radical (unpaired) electrons. The highest BCUT2D eigenvalue weighted by Gasteiger charge is 2.41. The van der Waals surface area contributed by atoms with Crippen molar-refractivity contribution in [3.8, 4) is 30.4 Å². The van der Waals surface area contributed by atoms with Gasteiger partial charge in [-0.3, -0.25) is 0 Å². The SMILES string of the molecule is C.C#Cc1cccc(C)c1.C#Cc1cccc(O)c1.C[Si](C)(C)C(F)(F)Br.ClCCl. The van der Waals surface area contributed by atoms with E-state index in [1.54, 1.807) is 43.9 Å². The molecular weight excluding hydrogens is 509 g/mol. The van der Waals surface area contributed by atoms with E-state index in [0.29, 0.717) is 5.56 Å². The smallest absolute Gasteiger partial charge is 0.279 e. The highest BCUT2D eigenvalue weighted by atomic mass is 79.9. The van der Waals surface area contributed by atoms with Gasteiger partial charge in [0, 0.05) is 11.1 Å². The number of phenols is 1. The molecule has 0 saturated carbocycles. The summed E-state index contributed by atoms with van der Waals surface area (Å²) in [5.41, 5.74) is 2.87. The maximum atomic E-state index is 12.2. The van der Waals surface area contributed by atoms with Crippen LogP contribution in [0.4, 0.5) is 8.78 Å². The van der Waals surface area contributed by atoms with Gasteiger partial charge in [-0.2, -0.15) is 8.78 Å². The van der Waals surface area contributed by atoms with E-state index in [9.17, 15) is 8.78 Å². The fraction of sp³-hybridized carbons (Fsp3) is 0.304. The number of hydrogen-bond donors (Lipinski definition) is 1. The fourth-order valence-electron chi connectivity index (χ4n) is 1.33. The third kappa shape index (κ3) is 17.4. The number of aromatic hydroxyl groups is 1. The standard InChI is InChI=1S/C9H8.C8H6O.C4H9BrF2Si.CH2Cl2.CH4/c1-3-9-6-4-5-8(2)7-9;1-2-7-4-3-5-8(9)6-7;1-8(2,3)4(5,6)7;2-1-3;/h1,4-7H,2H3;1,3-6,9H;1-3H3;1H2;1H4. The molecule has 0 saturated heterocycles. The summed E-state index contributed by atoms with van der Waals surface area (Å²) < 4.78 is 21.8. The summed E-state index contributed by atoms with van der Waals surface area (Å²) in [6.45, 7) is 6.87. The lowest BCUT2D eigenvalue weighted by Crippen LogP contribution is -2.39. The highest BCUT2D eigenvalue weighted by Crippen LogP contribution is 2.32. The minimum absolute atomic E-state index is 0. The van der Waals surface area contributed by atoms with Gasteiger partial charge in [0.25, 0.3) is 4.46 Å². The zero-order valence-electron chi connectivity index (χ0n) is 16.8. The molecule has 0 aliphatic carbocycles. The van der Waals surface area contributed by atoms with Crippen LogP contribution in [-0.2, 0) is 0 Å². The summed E-state index contributed by atoms with van der Waals surface area (Å²) in [4.78, 5) is 0. The van der Waals surface area contributed by atoms with E-state index in [1.165, 1.54) is 5.56 Å². The maximum absolute atomic E-state index is 12.2. The minimum Gasteiger partial charge on any atom is -0.508 e. The first-order chi connectivity index (χ1) is 13.3. The highest BCUT2D eigenvalue weighted by molar-refractivity contribution is 9.10. The van der Waals surface area contributed by atoms with Crippen molar-refractivity contribution < 1.29 is 13.9 Å². The van der Waals surface area contributed by atoms with Crippen LogP contribution in [-0.4, -0.2) is 23.0 Å². The van der Waals surface area contributed by atoms with Gasteiger partial charge in [0.2, 0.25) is 0 Å². The van der Waals surface area contributed by atoms with E-state index in [2.05, 4.69) is 27.8 Å². The Morgan fingerprint density at radius 2 is 1.37 bits per heavy atom. The van der Waals surface area contributed by atoms with Gasteiger partial charge in [-0.25, -0.2) is 0 Å². The molecule has 2 aromatic rings. The quantitative estimate of drug-likeness (QED) is 0.220. The second-order valence-electron chi connectivity index (χ2n) is 6.56. The first-order valence-electron chi connectivity index (χ1n) is 8.30. The Bertz CT molecular complexity index is 737. The van der Waals surface area contributed by atoms with Crippen LogP contribution in [0.5, 0.6) is 5.75 Å². The number of aryl methyl sites for hydroxylation is 1. The molecule has 0 fully saturated rings. The van der Waals surface area contributed by atoms with Crippen LogP contribution < -0.4 is 0 Å². The molecular formula is C23H29BrCl2F2OSi. The van der Waals surface area contributed by atoms with Crippen molar-refractivity contribution in [1.29, 1.82) is 0 Å². The van der Waals surface area contributed by atoms with Crippen LogP contribution in [0.3, 0.4) is 0 Å². The second-order valence-corrected chi connectivity index (χ2v) is 14.2. The number of terminal acetylenes is 2. The van der Waals surface area contributed by atoms with Crippen LogP contribution in [0.1, 0.15) is 24.1 Å². The molecule has 1 N–H and O–H groups in total. The van der Waals surface area contributed by atoms with Crippen molar-refractivity contribution in [2.75, 3.05) is 5.34 Å². The zero-order chi connectivity index (χ0) is 23.1. The van der Waals surface area contributed by atoms with Crippen LogP contribution in [0.2, 0.25) is 19.6 Å². The average molecular weight is 538 g/mol. The predicted molar refractivity (Wildman–Crippen MR) is 136 cm³/mol. The number of halogens is 5. The summed E-state index contributed by atoms with van der Waals surface area (Å²) >= 11 is 11.9. The van der Waals surface area contributed by atoms with E-state index in [0.717, 1.165) is 5.56 Å². The molecule has 0 amide bonds. The third-order valence-electron chi connectivity index (χ3n) is 3.05. The van der Waals surface area contributed by atoms with Crippen molar-refractivity contribution in [3.63, 3.8) is 0 Å². The van der Waals surface area contributed by atoms with E-state index < -0.39 is 12.5 Å². The molecule has 0 heterocycles. The average Bonchev–Trinajstić information content (AvgIpc) is 2.61. The van der Waals surface area contributed by atoms with Crippen LogP contribution in [0.25, 0.3) is 0 Å². The van der Waals surface area contributed by atoms with Crippen LogP contribution >= 0.6 is 39.1 Å². The molecule has 0 atom stereocenters. The van der Waals surface area contributed by atoms with Crippen molar-refractivity contribution in [1.82, 2.24) is 0 Å². The Kier molecular flexibility index (Phi) is 19.0. The lowest BCUT2D eigenvalue weighted by atomic mass is 10.1. The first kappa shape index (κ1) is 33.1. The van der Waals surface area contributed by atoms with Gasteiger partial charge in [0.05, 0.1) is 5.34 Å².